The zero-order chi connectivity index (χ0) is 11.4. The normalized spacial score (nSPS) is 12.1. The Morgan fingerprint density at radius 1 is 1.53 bits per heavy atom. The van der Waals surface area contributed by atoms with Crippen LogP contribution in [0.2, 0.25) is 0 Å². The molecule has 0 fully saturated rings. The van der Waals surface area contributed by atoms with Crippen LogP contribution in [0.4, 0.5) is 0 Å². The zero-order valence-electron chi connectivity index (χ0n) is 8.64. The van der Waals surface area contributed by atoms with Gasteiger partial charge in [0.15, 0.2) is 0 Å². The third-order valence-electron chi connectivity index (χ3n) is 2.19. The number of rotatable bonds is 3. The summed E-state index contributed by atoms with van der Waals surface area (Å²) in [4.78, 5) is 14.9. The van der Waals surface area contributed by atoms with Crippen molar-refractivity contribution in [3.05, 3.63) is 29.6 Å². The standard InChI is InChI=1S/C11H12N2O2/c1-7(2)10(11(14)15)8-3-4-9(5-12)13-6-8/h3-4,6-7,10H,1-2H3,(H,14,15). The summed E-state index contributed by atoms with van der Waals surface area (Å²) in [5.74, 6) is -1.43. The van der Waals surface area contributed by atoms with Crippen molar-refractivity contribution in [2.45, 2.75) is 19.8 Å². The maximum atomic E-state index is 11.0. The molecular weight excluding hydrogens is 192 g/mol. The number of nitriles is 1. The molecule has 0 aliphatic rings. The van der Waals surface area contributed by atoms with E-state index in [1.54, 1.807) is 6.07 Å². The highest BCUT2D eigenvalue weighted by atomic mass is 16.4. The van der Waals surface area contributed by atoms with Crippen LogP contribution < -0.4 is 0 Å². The van der Waals surface area contributed by atoms with Crippen molar-refractivity contribution >= 4 is 5.97 Å². The molecule has 1 aromatic heterocycles. The van der Waals surface area contributed by atoms with Gasteiger partial charge in [0.05, 0.1) is 5.92 Å². The molecule has 0 saturated heterocycles. The molecule has 1 rings (SSSR count). The summed E-state index contributed by atoms with van der Waals surface area (Å²) in [7, 11) is 0. The molecule has 0 amide bonds. The number of carboxylic acid groups (broad SMARTS) is 1. The van der Waals surface area contributed by atoms with Gasteiger partial charge in [-0.1, -0.05) is 19.9 Å². The lowest BCUT2D eigenvalue weighted by Gasteiger charge is -2.15. The van der Waals surface area contributed by atoms with Crippen molar-refractivity contribution < 1.29 is 9.90 Å². The minimum atomic E-state index is -0.864. The lowest BCUT2D eigenvalue weighted by molar-refractivity contribution is -0.139. The lowest BCUT2D eigenvalue weighted by Crippen LogP contribution is -2.17. The van der Waals surface area contributed by atoms with Crippen LogP contribution in [0.1, 0.15) is 31.0 Å². The summed E-state index contributed by atoms with van der Waals surface area (Å²) in [6.07, 6.45) is 1.46. The number of nitrogens with zero attached hydrogens (tertiary/aromatic N) is 2. The van der Waals surface area contributed by atoms with E-state index in [9.17, 15) is 4.79 Å². The quantitative estimate of drug-likeness (QED) is 0.814. The second-order valence-electron chi connectivity index (χ2n) is 3.65. The van der Waals surface area contributed by atoms with Gasteiger partial charge in [-0.2, -0.15) is 5.26 Å². The third-order valence-corrected chi connectivity index (χ3v) is 2.19. The number of aromatic nitrogens is 1. The lowest BCUT2D eigenvalue weighted by atomic mass is 9.89. The highest BCUT2D eigenvalue weighted by Gasteiger charge is 2.23. The molecule has 15 heavy (non-hydrogen) atoms. The van der Waals surface area contributed by atoms with Crippen LogP contribution in [0.3, 0.4) is 0 Å². The Bertz CT molecular complexity index is 390. The van der Waals surface area contributed by atoms with Crippen LogP contribution in [0.15, 0.2) is 18.3 Å². The van der Waals surface area contributed by atoms with Crippen molar-refractivity contribution in [2.75, 3.05) is 0 Å². The molecule has 0 radical (unpaired) electrons. The maximum Gasteiger partial charge on any atom is 0.311 e. The first-order chi connectivity index (χ1) is 7.06. The highest BCUT2D eigenvalue weighted by molar-refractivity contribution is 5.76. The summed E-state index contributed by atoms with van der Waals surface area (Å²) in [5, 5.41) is 17.6. The molecule has 4 nitrogen and oxygen atoms in total. The predicted octanol–water partition coefficient (Wildman–Crippen LogP) is 1.78. The largest absolute Gasteiger partial charge is 0.481 e. The van der Waals surface area contributed by atoms with E-state index >= 15 is 0 Å². The number of aliphatic carboxylic acids is 1. The van der Waals surface area contributed by atoms with Gasteiger partial charge in [-0.25, -0.2) is 4.98 Å². The Hall–Kier alpha value is -1.89. The molecule has 0 bridgehead atoms. The van der Waals surface area contributed by atoms with Gasteiger partial charge in [0.25, 0.3) is 0 Å². The number of carbonyl (C=O) groups is 1. The minimum Gasteiger partial charge on any atom is -0.481 e. The highest BCUT2D eigenvalue weighted by Crippen LogP contribution is 2.23. The van der Waals surface area contributed by atoms with Crippen molar-refractivity contribution in [3.8, 4) is 6.07 Å². The fourth-order valence-electron chi connectivity index (χ4n) is 1.47. The van der Waals surface area contributed by atoms with Gasteiger partial charge >= 0.3 is 5.97 Å². The van der Waals surface area contributed by atoms with E-state index in [0.29, 0.717) is 11.3 Å². The van der Waals surface area contributed by atoms with E-state index in [-0.39, 0.29) is 5.92 Å². The fourth-order valence-corrected chi connectivity index (χ4v) is 1.47. The Balaban J connectivity index is 3.03. The summed E-state index contributed by atoms with van der Waals surface area (Å²) >= 11 is 0. The summed E-state index contributed by atoms with van der Waals surface area (Å²) in [6.45, 7) is 3.69. The fraction of sp³-hybridized carbons (Fsp3) is 0.364. The van der Waals surface area contributed by atoms with E-state index < -0.39 is 11.9 Å². The van der Waals surface area contributed by atoms with Crippen LogP contribution in [-0.2, 0) is 4.79 Å². The van der Waals surface area contributed by atoms with Crippen molar-refractivity contribution in [1.82, 2.24) is 4.98 Å². The SMILES string of the molecule is CC(C)C(C(=O)O)c1ccc(C#N)nc1. The first-order valence-corrected chi connectivity index (χ1v) is 4.65. The summed E-state index contributed by atoms with van der Waals surface area (Å²) < 4.78 is 0. The number of hydrogen-bond donors (Lipinski definition) is 1. The topological polar surface area (TPSA) is 74.0 Å². The smallest absolute Gasteiger partial charge is 0.311 e. The number of carboxylic acids is 1. The van der Waals surface area contributed by atoms with Crippen molar-refractivity contribution in [2.24, 2.45) is 5.92 Å². The monoisotopic (exact) mass is 204 g/mol. The molecule has 0 aliphatic carbocycles. The molecular formula is C11H12N2O2. The van der Waals surface area contributed by atoms with E-state index in [0.717, 1.165) is 0 Å². The molecule has 0 aliphatic heterocycles. The van der Waals surface area contributed by atoms with E-state index in [1.807, 2.05) is 19.9 Å². The van der Waals surface area contributed by atoms with Crippen molar-refractivity contribution in [1.29, 1.82) is 5.26 Å². The molecule has 1 N–H and O–H groups in total. The van der Waals surface area contributed by atoms with Gasteiger partial charge in [0.2, 0.25) is 0 Å². The van der Waals surface area contributed by atoms with Gasteiger partial charge < -0.3 is 5.11 Å². The number of hydrogen-bond acceptors (Lipinski definition) is 3. The third kappa shape index (κ3) is 2.53. The average Bonchev–Trinajstić information content (AvgIpc) is 2.18. The molecule has 78 valence electrons. The second kappa shape index (κ2) is 4.56. The Kier molecular flexibility index (Phi) is 3.40. The molecule has 1 aromatic rings. The molecule has 0 spiro atoms. The van der Waals surface area contributed by atoms with Gasteiger partial charge in [0, 0.05) is 6.20 Å². The summed E-state index contributed by atoms with van der Waals surface area (Å²) in [5.41, 5.74) is 0.933. The van der Waals surface area contributed by atoms with Crippen LogP contribution in [0, 0.1) is 17.2 Å². The first-order valence-electron chi connectivity index (χ1n) is 4.65. The molecule has 1 unspecified atom stereocenters. The van der Waals surface area contributed by atoms with E-state index in [4.69, 9.17) is 10.4 Å². The van der Waals surface area contributed by atoms with Crippen LogP contribution in [0.25, 0.3) is 0 Å². The zero-order valence-corrected chi connectivity index (χ0v) is 8.64. The van der Waals surface area contributed by atoms with Crippen molar-refractivity contribution in [3.63, 3.8) is 0 Å². The van der Waals surface area contributed by atoms with Gasteiger partial charge in [-0.05, 0) is 17.5 Å². The Labute approximate surface area is 88.2 Å². The maximum absolute atomic E-state index is 11.0. The second-order valence-corrected chi connectivity index (χ2v) is 3.65. The van der Waals surface area contributed by atoms with Gasteiger partial charge in [0.1, 0.15) is 11.8 Å². The van der Waals surface area contributed by atoms with Crippen LogP contribution >= 0.6 is 0 Å². The molecule has 0 aromatic carbocycles. The molecule has 4 heteroatoms. The first kappa shape index (κ1) is 11.2. The van der Waals surface area contributed by atoms with Gasteiger partial charge in [-0.3, -0.25) is 4.79 Å². The molecule has 0 saturated carbocycles. The number of pyridine rings is 1. The minimum absolute atomic E-state index is 0.00256. The average molecular weight is 204 g/mol. The molecule has 1 atom stereocenters. The van der Waals surface area contributed by atoms with Crippen LogP contribution in [0.5, 0.6) is 0 Å². The van der Waals surface area contributed by atoms with Crippen LogP contribution in [-0.4, -0.2) is 16.1 Å². The molecule has 1 heterocycles. The van der Waals surface area contributed by atoms with Gasteiger partial charge in [-0.15, -0.1) is 0 Å². The summed E-state index contributed by atoms with van der Waals surface area (Å²) in [6, 6.07) is 5.07. The predicted molar refractivity (Wildman–Crippen MR) is 54.2 cm³/mol. The Morgan fingerprint density at radius 3 is 2.53 bits per heavy atom. The van der Waals surface area contributed by atoms with E-state index in [1.165, 1.54) is 12.3 Å². The van der Waals surface area contributed by atoms with E-state index in [2.05, 4.69) is 4.98 Å². The Morgan fingerprint density at radius 2 is 2.20 bits per heavy atom.